The Bertz CT molecular complexity index is 1200. The number of ether oxygens (including phenoxy) is 2. The largest absolute Gasteiger partial charge is 0.497 e. The predicted octanol–water partition coefficient (Wildman–Crippen LogP) is 3.68. The van der Waals surface area contributed by atoms with Crippen molar-refractivity contribution in [3.63, 3.8) is 0 Å². The van der Waals surface area contributed by atoms with Crippen LogP contribution in [0.3, 0.4) is 0 Å². The van der Waals surface area contributed by atoms with Crippen LogP contribution < -0.4 is 15.0 Å². The van der Waals surface area contributed by atoms with Gasteiger partial charge in [-0.3, -0.25) is 14.4 Å². The molecule has 0 saturated carbocycles. The monoisotopic (exact) mass is 444 g/mol. The smallest absolute Gasteiger partial charge is 0.338 e. The number of anilines is 2. The van der Waals surface area contributed by atoms with E-state index in [1.165, 1.54) is 31.2 Å². The first kappa shape index (κ1) is 21.8. The van der Waals surface area contributed by atoms with Crippen LogP contribution in [-0.4, -0.2) is 36.9 Å². The molecule has 0 saturated heterocycles. The minimum Gasteiger partial charge on any atom is -0.497 e. The van der Waals surface area contributed by atoms with Gasteiger partial charge in [-0.05, 0) is 67.6 Å². The number of nitrogens with one attached hydrogen (secondary N) is 1. The third-order valence-corrected chi connectivity index (χ3v) is 5.17. The molecule has 1 atom stereocenters. The summed E-state index contributed by atoms with van der Waals surface area (Å²) in [6, 6.07) is 19.2. The number of benzene rings is 3. The van der Waals surface area contributed by atoms with Crippen LogP contribution in [0.5, 0.6) is 5.75 Å². The van der Waals surface area contributed by atoms with Gasteiger partial charge in [0.15, 0.2) is 6.10 Å². The average Bonchev–Trinajstić information content (AvgIpc) is 3.09. The van der Waals surface area contributed by atoms with Gasteiger partial charge in [-0.1, -0.05) is 12.1 Å². The Kier molecular flexibility index (Phi) is 5.91. The van der Waals surface area contributed by atoms with Gasteiger partial charge in [0, 0.05) is 5.69 Å². The highest BCUT2D eigenvalue weighted by Gasteiger charge is 2.36. The Morgan fingerprint density at radius 2 is 1.42 bits per heavy atom. The van der Waals surface area contributed by atoms with Crippen molar-refractivity contribution >= 4 is 35.1 Å². The summed E-state index contributed by atoms with van der Waals surface area (Å²) >= 11 is 0. The first-order chi connectivity index (χ1) is 15.9. The van der Waals surface area contributed by atoms with E-state index in [1.807, 2.05) is 0 Å². The van der Waals surface area contributed by atoms with Crippen molar-refractivity contribution in [1.82, 2.24) is 0 Å². The number of rotatable bonds is 6. The summed E-state index contributed by atoms with van der Waals surface area (Å²) < 4.78 is 10.3. The molecule has 0 fully saturated rings. The van der Waals surface area contributed by atoms with Crippen LogP contribution in [0, 0.1) is 0 Å². The number of nitrogens with zero attached hydrogens (tertiary/aromatic N) is 1. The number of hydrogen-bond donors (Lipinski definition) is 1. The molecule has 3 aromatic carbocycles. The number of carbonyl (C=O) groups is 4. The highest BCUT2D eigenvalue weighted by molar-refractivity contribution is 6.34. The number of amides is 3. The molecule has 1 aliphatic heterocycles. The average molecular weight is 444 g/mol. The molecule has 8 heteroatoms. The first-order valence-corrected chi connectivity index (χ1v) is 10.1. The maximum atomic E-state index is 12.6. The van der Waals surface area contributed by atoms with Crippen molar-refractivity contribution in [1.29, 1.82) is 0 Å². The normalized spacial score (nSPS) is 13.3. The minimum atomic E-state index is -1.05. The quantitative estimate of drug-likeness (QED) is 0.460. The fraction of sp³-hybridized carbons (Fsp3) is 0.120. The summed E-state index contributed by atoms with van der Waals surface area (Å²) in [5.41, 5.74) is 1.72. The van der Waals surface area contributed by atoms with Crippen LogP contribution in [0.15, 0.2) is 72.8 Å². The summed E-state index contributed by atoms with van der Waals surface area (Å²) in [5, 5.41) is 2.66. The molecule has 0 aromatic heterocycles. The zero-order valence-electron chi connectivity index (χ0n) is 17.9. The van der Waals surface area contributed by atoms with E-state index in [9.17, 15) is 19.2 Å². The number of carbonyl (C=O) groups excluding carboxylic acids is 4. The molecular weight excluding hydrogens is 424 g/mol. The van der Waals surface area contributed by atoms with Crippen molar-refractivity contribution in [3.8, 4) is 5.75 Å². The molecule has 8 nitrogen and oxygen atoms in total. The standard InChI is InChI=1S/C25H20N2O6/c1-15(22(28)26-17-9-13-19(32-2)14-10-17)33-25(31)16-7-11-18(12-8-16)27-23(29)20-5-3-4-6-21(20)24(27)30/h3-15H,1-2H3,(H,26,28). The van der Waals surface area contributed by atoms with Gasteiger partial charge < -0.3 is 14.8 Å². The second kappa shape index (κ2) is 8.96. The summed E-state index contributed by atoms with van der Waals surface area (Å²) in [4.78, 5) is 51.1. The summed E-state index contributed by atoms with van der Waals surface area (Å²) in [5.74, 6) is -1.39. The van der Waals surface area contributed by atoms with E-state index >= 15 is 0 Å². The van der Waals surface area contributed by atoms with E-state index in [0.29, 0.717) is 28.3 Å². The van der Waals surface area contributed by atoms with Gasteiger partial charge in [-0.2, -0.15) is 0 Å². The van der Waals surface area contributed by atoms with E-state index in [4.69, 9.17) is 9.47 Å². The van der Waals surface area contributed by atoms with Crippen molar-refractivity contribution < 1.29 is 28.7 Å². The third kappa shape index (κ3) is 4.31. The first-order valence-electron chi connectivity index (χ1n) is 10.1. The van der Waals surface area contributed by atoms with Gasteiger partial charge in [0.2, 0.25) is 0 Å². The van der Waals surface area contributed by atoms with Crippen molar-refractivity contribution in [2.75, 3.05) is 17.3 Å². The number of fused-ring (bicyclic) bond motifs is 1. The molecule has 1 N–H and O–H groups in total. The van der Waals surface area contributed by atoms with E-state index in [-0.39, 0.29) is 5.56 Å². The molecule has 1 heterocycles. The Hall–Kier alpha value is -4.46. The SMILES string of the molecule is COc1ccc(NC(=O)C(C)OC(=O)c2ccc(N3C(=O)c4ccccc4C3=O)cc2)cc1. The van der Waals surface area contributed by atoms with Crippen LogP contribution >= 0.6 is 0 Å². The Morgan fingerprint density at radius 1 is 0.848 bits per heavy atom. The zero-order chi connectivity index (χ0) is 23.5. The molecule has 33 heavy (non-hydrogen) atoms. The maximum absolute atomic E-state index is 12.6. The van der Waals surface area contributed by atoms with Crippen molar-refractivity contribution in [3.05, 3.63) is 89.5 Å². The molecule has 0 spiro atoms. The van der Waals surface area contributed by atoms with Gasteiger partial charge in [-0.25, -0.2) is 9.69 Å². The molecule has 0 aliphatic carbocycles. The number of imide groups is 1. The van der Waals surface area contributed by atoms with Crippen LogP contribution in [0.2, 0.25) is 0 Å². The summed E-state index contributed by atoms with van der Waals surface area (Å²) in [6.07, 6.45) is -1.05. The number of methoxy groups -OCH3 is 1. The lowest BCUT2D eigenvalue weighted by atomic mass is 10.1. The highest BCUT2D eigenvalue weighted by atomic mass is 16.5. The number of esters is 1. The molecule has 4 rings (SSSR count). The van der Waals surface area contributed by atoms with Crippen molar-refractivity contribution in [2.24, 2.45) is 0 Å². The van der Waals surface area contributed by atoms with Gasteiger partial charge in [-0.15, -0.1) is 0 Å². The van der Waals surface area contributed by atoms with E-state index in [1.54, 1.807) is 55.6 Å². The van der Waals surface area contributed by atoms with Crippen LogP contribution in [0.1, 0.15) is 38.0 Å². The summed E-state index contributed by atoms with van der Waals surface area (Å²) in [6.45, 7) is 1.46. The summed E-state index contributed by atoms with van der Waals surface area (Å²) in [7, 11) is 1.54. The lowest BCUT2D eigenvalue weighted by molar-refractivity contribution is -0.123. The van der Waals surface area contributed by atoms with E-state index in [2.05, 4.69) is 5.32 Å². The van der Waals surface area contributed by atoms with E-state index < -0.39 is 29.8 Å². The van der Waals surface area contributed by atoms with Crippen molar-refractivity contribution in [2.45, 2.75) is 13.0 Å². The Balaban J connectivity index is 1.39. The fourth-order valence-corrected chi connectivity index (χ4v) is 3.37. The molecule has 3 amide bonds. The molecule has 0 radical (unpaired) electrons. The zero-order valence-corrected chi connectivity index (χ0v) is 17.9. The maximum Gasteiger partial charge on any atom is 0.338 e. The predicted molar refractivity (Wildman–Crippen MR) is 121 cm³/mol. The van der Waals surface area contributed by atoms with E-state index in [0.717, 1.165) is 4.90 Å². The third-order valence-electron chi connectivity index (χ3n) is 5.17. The Morgan fingerprint density at radius 3 is 1.97 bits per heavy atom. The van der Waals surface area contributed by atoms with Gasteiger partial charge in [0.1, 0.15) is 5.75 Å². The van der Waals surface area contributed by atoms with Crippen LogP contribution in [-0.2, 0) is 9.53 Å². The molecule has 166 valence electrons. The number of hydrogen-bond acceptors (Lipinski definition) is 6. The topological polar surface area (TPSA) is 102 Å². The molecule has 3 aromatic rings. The lowest BCUT2D eigenvalue weighted by Crippen LogP contribution is -2.30. The van der Waals surface area contributed by atoms with Gasteiger partial charge in [0.05, 0.1) is 29.5 Å². The molecular formula is C25H20N2O6. The minimum absolute atomic E-state index is 0.180. The lowest BCUT2D eigenvalue weighted by Gasteiger charge is -2.16. The molecule has 1 unspecified atom stereocenters. The fourth-order valence-electron chi connectivity index (χ4n) is 3.37. The van der Waals surface area contributed by atoms with Crippen LogP contribution in [0.25, 0.3) is 0 Å². The van der Waals surface area contributed by atoms with Crippen LogP contribution in [0.4, 0.5) is 11.4 Å². The van der Waals surface area contributed by atoms with Gasteiger partial charge >= 0.3 is 5.97 Å². The van der Waals surface area contributed by atoms with Gasteiger partial charge in [0.25, 0.3) is 17.7 Å². The highest BCUT2D eigenvalue weighted by Crippen LogP contribution is 2.28. The molecule has 1 aliphatic rings. The second-order valence-corrected chi connectivity index (χ2v) is 7.30. The second-order valence-electron chi connectivity index (χ2n) is 7.30. The molecule has 0 bridgehead atoms. The Labute approximate surface area is 189 Å².